The van der Waals surface area contributed by atoms with Gasteiger partial charge in [-0.05, 0) is 11.8 Å². The molecule has 5 heteroatoms. The van der Waals surface area contributed by atoms with Gasteiger partial charge in [-0.1, -0.05) is 49.2 Å². The van der Waals surface area contributed by atoms with Crippen LogP contribution in [-0.4, -0.2) is 40.6 Å². The number of pyridine rings is 1. The Morgan fingerprint density at radius 3 is 2.67 bits per heavy atom. The lowest BCUT2D eigenvalue weighted by molar-refractivity contribution is 0.0721. The molecule has 1 amide bonds. The number of hydrogen-bond acceptors (Lipinski definition) is 3. The second kappa shape index (κ2) is 7.38. The van der Waals surface area contributed by atoms with Gasteiger partial charge in [-0.15, -0.1) is 0 Å². The number of unbranched alkanes of at least 4 members (excludes halogenated alkanes) is 1. The van der Waals surface area contributed by atoms with Gasteiger partial charge in [-0.2, -0.15) is 0 Å². The van der Waals surface area contributed by atoms with E-state index >= 15 is 0 Å². The topological polar surface area (TPSA) is 53.4 Å². The Balaban J connectivity index is 2.39. The van der Waals surface area contributed by atoms with E-state index in [-0.39, 0.29) is 12.5 Å². The van der Waals surface area contributed by atoms with E-state index in [9.17, 15) is 4.79 Å². The molecule has 2 rings (SSSR count). The summed E-state index contributed by atoms with van der Waals surface area (Å²) >= 11 is 6.08. The van der Waals surface area contributed by atoms with E-state index < -0.39 is 0 Å². The summed E-state index contributed by atoms with van der Waals surface area (Å²) in [6.45, 7) is 2.98. The molecule has 0 aliphatic heterocycles. The maximum atomic E-state index is 12.7. The summed E-state index contributed by atoms with van der Waals surface area (Å²) in [6.07, 6.45) is 3.42. The van der Waals surface area contributed by atoms with Crippen LogP contribution in [0.2, 0.25) is 5.15 Å². The summed E-state index contributed by atoms with van der Waals surface area (Å²) in [7, 11) is 0. The molecule has 0 saturated carbocycles. The predicted molar refractivity (Wildman–Crippen MR) is 84.7 cm³/mol. The lowest BCUT2D eigenvalue weighted by Gasteiger charge is -2.22. The van der Waals surface area contributed by atoms with Crippen LogP contribution in [-0.2, 0) is 0 Å². The maximum absolute atomic E-state index is 12.7. The molecule has 1 N–H and O–H groups in total. The quantitative estimate of drug-likeness (QED) is 0.834. The van der Waals surface area contributed by atoms with E-state index in [1.165, 1.54) is 6.20 Å². The monoisotopic (exact) mass is 306 g/mol. The van der Waals surface area contributed by atoms with Crippen LogP contribution < -0.4 is 0 Å². The SMILES string of the molecule is CCCCN(CCO)C(=O)c1cnc(Cl)c2ccccc12. The molecule has 1 aromatic heterocycles. The number of aromatic nitrogens is 1. The fraction of sp³-hybridized carbons (Fsp3) is 0.375. The molecule has 0 aliphatic carbocycles. The second-order valence-corrected chi connectivity index (χ2v) is 5.24. The van der Waals surface area contributed by atoms with Gasteiger partial charge in [0.1, 0.15) is 5.15 Å². The molecule has 1 heterocycles. The zero-order valence-electron chi connectivity index (χ0n) is 12.1. The van der Waals surface area contributed by atoms with Crippen LogP contribution in [0, 0.1) is 0 Å². The Bertz CT molecular complexity index is 631. The highest BCUT2D eigenvalue weighted by Gasteiger charge is 2.18. The average molecular weight is 307 g/mol. The highest BCUT2D eigenvalue weighted by Crippen LogP contribution is 2.25. The standard InChI is InChI=1S/C16H19ClN2O2/c1-2-3-8-19(9-10-20)16(21)14-11-18-15(17)13-7-5-4-6-12(13)14/h4-7,11,20H,2-3,8-10H2,1H3. The van der Waals surface area contributed by atoms with Crippen LogP contribution in [0.3, 0.4) is 0 Å². The molecule has 2 aromatic rings. The number of aliphatic hydroxyl groups is 1. The number of hydrogen-bond donors (Lipinski definition) is 1. The number of rotatable bonds is 6. The van der Waals surface area contributed by atoms with Crippen molar-refractivity contribution in [3.8, 4) is 0 Å². The van der Waals surface area contributed by atoms with Crippen LogP contribution in [0.1, 0.15) is 30.1 Å². The second-order valence-electron chi connectivity index (χ2n) is 4.88. The molecular weight excluding hydrogens is 288 g/mol. The molecule has 1 aromatic carbocycles. The highest BCUT2D eigenvalue weighted by molar-refractivity contribution is 6.34. The Morgan fingerprint density at radius 1 is 1.29 bits per heavy atom. The maximum Gasteiger partial charge on any atom is 0.256 e. The molecule has 0 atom stereocenters. The number of fused-ring (bicyclic) bond motifs is 1. The van der Waals surface area contributed by atoms with Gasteiger partial charge < -0.3 is 10.0 Å². The third kappa shape index (κ3) is 3.52. The average Bonchev–Trinajstić information content (AvgIpc) is 2.51. The van der Waals surface area contributed by atoms with E-state index in [0.29, 0.717) is 23.8 Å². The Morgan fingerprint density at radius 2 is 2.00 bits per heavy atom. The van der Waals surface area contributed by atoms with Gasteiger partial charge in [-0.25, -0.2) is 4.98 Å². The largest absolute Gasteiger partial charge is 0.395 e. The van der Waals surface area contributed by atoms with Crippen molar-refractivity contribution in [3.05, 3.63) is 41.2 Å². The van der Waals surface area contributed by atoms with Gasteiger partial charge >= 0.3 is 0 Å². The Labute approximate surface area is 129 Å². The molecule has 0 spiro atoms. The number of nitrogens with zero attached hydrogens (tertiary/aromatic N) is 2. The summed E-state index contributed by atoms with van der Waals surface area (Å²) in [5.74, 6) is -0.113. The van der Waals surface area contributed by atoms with E-state index in [1.807, 2.05) is 24.3 Å². The third-order valence-corrected chi connectivity index (χ3v) is 3.72. The minimum atomic E-state index is -0.113. The lowest BCUT2D eigenvalue weighted by atomic mass is 10.1. The molecule has 0 aliphatic rings. The van der Waals surface area contributed by atoms with Gasteiger partial charge in [-0.3, -0.25) is 4.79 Å². The van der Waals surface area contributed by atoms with E-state index in [1.54, 1.807) is 4.90 Å². The number of carbonyl (C=O) groups excluding carboxylic acids is 1. The molecular formula is C16H19ClN2O2. The summed E-state index contributed by atoms with van der Waals surface area (Å²) in [4.78, 5) is 18.5. The minimum Gasteiger partial charge on any atom is -0.395 e. The third-order valence-electron chi connectivity index (χ3n) is 3.42. The molecule has 21 heavy (non-hydrogen) atoms. The summed E-state index contributed by atoms with van der Waals surface area (Å²) in [5.41, 5.74) is 0.527. The summed E-state index contributed by atoms with van der Waals surface area (Å²) in [5, 5.41) is 11.1. The first-order valence-electron chi connectivity index (χ1n) is 7.12. The zero-order valence-corrected chi connectivity index (χ0v) is 12.8. The normalized spacial score (nSPS) is 10.8. The molecule has 112 valence electrons. The van der Waals surface area contributed by atoms with Gasteiger partial charge in [0.05, 0.1) is 12.2 Å². The summed E-state index contributed by atoms with van der Waals surface area (Å²) in [6, 6.07) is 7.46. The Kier molecular flexibility index (Phi) is 5.53. The number of amides is 1. The van der Waals surface area contributed by atoms with Crippen molar-refractivity contribution in [1.82, 2.24) is 9.88 Å². The van der Waals surface area contributed by atoms with Crippen LogP contribution in [0.15, 0.2) is 30.5 Å². The lowest BCUT2D eigenvalue weighted by Crippen LogP contribution is -2.34. The van der Waals surface area contributed by atoms with Crippen molar-refractivity contribution in [2.45, 2.75) is 19.8 Å². The highest BCUT2D eigenvalue weighted by atomic mass is 35.5. The van der Waals surface area contributed by atoms with E-state index in [0.717, 1.165) is 23.6 Å². The fourth-order valence-electron chi connectivity index (χ4n) is 2.28. The molecule has 0 fully saturated rings. The molecule has 0 bridgehead atoms. The fourth-order valence-corrected chi connectivity index (χ4v) is 2.50. The van der Waals surface area contributed by atoms with Crippen molar-refractivity contribution in [3.63, 3.8) is 0 Å². The summed E-state index contributed by atoms with van der Waals surface area (Å²) < 4.78 is 0. The molecule has 4 nitrogen and oxygen atoms in total. The predicted octanol–water partition coefficient (Wildman–Crippen LogP) is 3.12. The van der Waals surface area contributed by atoms with Gasteiger partial charge in [0.2, 0.25) is 0 Å². The Hall–Kier alpha value is -1.65. The van der Waals surface area contributed by atoms with Crippen LogP contribution >= 0.6 is 11.6 Å². The minimum absolute atomic E-state index is 0.0472. The first kappa shape index (κ1) is 15.7. The smallest absolute Gasteiger partial charge is 0.256 e. The first-order valence-corrected chi connectivity index (χ1v) is 7.50. The molecule has 0 radical (unpaired) electrons. The number of halogens is 1. The number of aliphatic hydroxyl groups excluding tert-OH is 1. The van der Waals surface area contributed by atoms with E-state index in [2.05, 4.69) is 11.9 Å². The zero-order chi connectivity index (χ0) is 15.2. The number of carbonyl (C=O) groups is 1. The van der Waals surface area contributed by atoms with E-state index in [4.69, 9.17) is 16.7 Å². The van der Waals surface area contributed by atoms with Crippen molar-refractivity contribution in [1.29, 1.82) is 0 Å². The van der Waals surface area contributed by atoms with Gasteiger partial charge in [0.25, 0.3) is 5.91 Å². The van der Waals surface area contributed by atoms with Crippen LogP contribution in [0.4, 0.5) is 0 Å². The van der Waals surface area contributed by atoms with Crippen molar-refractivity contribution in [2.24, 2.45) is 0 Å². The van der Waals surface area contributed by atoms with Crippen LogP contribution in [0.5, 0.6) is 0 Å². The number of benzene rings is 1. The van der Waals surface area contributed by atoms with Gasteiger partial charge in [0.15, 0.2) is 0 Å². The van der Waals surface area contributed by atoms with Crippen LogP contribution in [0.25, 0.3) is 10.8 Å². The van der Waals surface area contributed by atoms with Gasteiger partial charge in [0, 0.05) is 24.7 Å². The van der Waals surface area contributed by atoms with Crippen molar-refractivity contribution < 1.29 is 9.90 Å². The van der Waals surface area contributed by atoms with Crippen molar-refractivity contribution >= 4 is 28.3 Å². The first-order chi connectivity index (χ1) is 10.2. The molecule has 0 saturated heterocycles. The van der Waals surface area contributed by atoms with Crippen molar-refractivity contribution in [2.75, 3.05) is 19.7 Å². The molecule has 0 unspecified atom stereocenters.